The number of benzene rings is 1. The average molecular weight is 237 g/mol. The third-order valence-electron chi connectivity index (χ3n) is 3.40. The highest BCUT2D eigenvalue weighted by molar-refractivity contribution is 5.45. The maximum absolute atomic E-state index is 5.46. The lowest BCUT2D eigenvalue weighted by Gasteiger charge is -2.30. The van der Waals surface area contributed by atoms with Crippen LogP contribution in [0, 0.1) is 0 Å². The van der Waals surface area contributed by atoms with Crippen molar-refractivity contribution in [2.75, 3.05) is 27.8 Å². The molecule has 3 nitrogen and oxygen atoms in total. The van der Waals surface area contributed by atoms with Gasteiger partial charge in [0.05, 0.1) is 14.2 Å². The highest BCUT2D eigenvalue weighted by Crippen LogP contribution is 2.36. The Morgan fingerprint density at radius 1 is 1.24 bits per heavy atom. The van der Waals surface area contributed by atoms with Crippen LogP contribution in [0.4, 0.5) is 0 Å². The van der Waals surface area contributed by atoms with Crippen LogP contribution in [-0.4, -0.2) is 27.8 Å². The summed E-state index contributed by atoms with van der Waals surface area (Å²) in [4.78, 5) is 0. The molecule has 0 aliphatic carbocycles. The number of methoxy groups -OCH3 is 2. The van der Waals surface area contributed by atoms with Crippen LogP contribution in [0.1, 0.15) is 25.8 Å². The van der Waals surface area contributed by atoms with Crippen LogP contribution in [0.3, 0.4) is 0 Å². The minimum absolute atomic E-state index is 0.0502. The molecule has 0 aliphatic rings. The Morgan fingerprint density at radius 2 is 1.94 bits per heavy atom. The van der Waals surface area contributed by atoms with Gasteiger partial charge in [-0.3, -0.25) is 0 Å². The van der Waals surface area contributed by atoms with Gasteiger partial charge in [0.15, 0.2) is 0 Å². The highest BCUT2D eigenvalue weighted by Gasteiger charge is 2.27. The van der Waals surface area contributed by atoms with Crippen LogP contribution in [0.15, 0.2) is 18.2 Å². The van der Waals surface area contributed by atoms with Gasteiger partial charge in [-0.1, -0.05) is 13.8 Å². The molecule has 1 unspecified atom stereocenters. The molecule has 3 heteroatoms. The third-order valence-corrected chi connectivity index (χ3v) is 3.40. The molecule has 0 spiro atoms. The van der Waals surface area contributed by atoms with E-state index in [0.717, 1.165) is 24.5 Å². The van der Waals surface area contributed by atoms with Crippen molar-refractivity contribution in [1.82, 2.24) is 5.32 Å². The second kappa shape index (κ2) is 5.92. The van der Waals surface area contributed by atoms with E-state index >= 15 is 0 Å². The van der Waals surface area contributed by atoms with E-state index in [1.807, 2.05) is 19.2 Å². The summed E-state index contributed by atoms with van der Waals surface area (Å²) in [6.45, 7) is 5.34. The monoisotopic (exact) mass is 237 g/mol. The van der Waals surface area contributed by atoms with Crippen LogP contribution in [0.2, 0.25) is 0 Å². The lowest BCUT2D eigenvalue weighted by Crippen LogP contribution is -2.33. The molecule has 0 saturated carbocycles. The number of nitrogens with one attached hydrogen (secondary N) is 1. The molecule has 0 aromatic heterocycles. The predicted octanol–water partition coefficient (Wildman–Crippen LogP) is 2.59. The molecule has 0 bridgehead atoms. The lowest BCUT2D eigenvalue weighted by atomic mass is 9.79. The SMILES string of the molecule is CCC(C)(CNC)c1cc(OC)ccc1OC. The van der Waals surface area contributed by atoms with Gasteiger partial charge in [0, 0.05) is 17.5 Å². The van der Waals surface area contributed by atoms with E-state index in [1.165, 1.54) is 5.56 Å². The summed E-state index contributed by atoms with van der Waals surface area (Å²) in [7, 11) is 5.37. The molecule has 0 aliphatic heterocycles. The van der Waals surface area contributed by atoms with Crippen LogP contribution < -0.4 is 14.8 Å². The number of likely N-dealkylation sites (N-methyl/N-ethyl adjacent to an activating group) is 1. The van der Waals surface area contributed by atoms with Crippen molar-refractivity contribution < 1.29 is 9.47 Å². The molecule has 96 valence electrons. The van der Waals surface area contributed by atoms with Gasteiger partial charge in [0.25, 0.3) is 0 Å². The standard InChI is InChI=1S/C14H23NO2/c1-6-14(2,10-15-3)12-9-11(16-4)7-8-13(12)17-5/h7-9,15H,6,10H2,1-5H3. The maximum atomic E-state index is 5.46. The quantitative estimate of drug-likeness (QED) is 0.825. The van der Waals surface area contributed by atoms with Crippen molar-refractivity contribution >= 4 is 0 Å². The predicted molar refractivity (Wildman–Crippen MR) is 71.1 cm³/mol. The average Bonchev–Trinajstić information content (AvgIpc) is 2.38. The zero-order valence-corrected chi connectivity index (χ0v) is 11.5. The Hall–Kier alpha value is -1.22. The highest BCUT2D eigenvalue weighted by atomic mass is 16.5. The Kier molecular flexibility index (Phi) is 4.82. The van der Waals surface area contributed by atoms with Crippen molar-refractivity contribution in [1.29, 1.82) is 0 Å². The van der Waals surface area contributed by atoms with Crippen molar-refractivity contribution in [3.8, 4) is 11.5 Å². The number of hydrogen-bond acceptors (Lipinski definition) is 3. The van der Waals surface area contributed by atoms with Crippen LogP contribution in [-0.2, 0) is 5.41 Å². The molecule has 1 aromatic carbocycles. The van der Waals surface area contributed by atoms with Gasteiger partial charge >= 0.3 is 0 Å². The molecule has 1 atom stereocenters. The molecule has 17 heavy (non-hydrogen) atoms. The molecule has 0 heterocycles. The number of ether oxygens (including phenoxy) is 2. The minimum atomic E-state index is 0.0502. The van der Waals surface area contributed by atoms with Gasteiger partial charge in [-0.15, -0.1) is 0 Å². The summed E-state index contributed by atoms with van der Waals surface area (Å²) in [5.74, 6) is 1.79. The summed E-state index contributed by atoms with van der Waals surface area (Å²) in [6.07, 6.45) is 1.04. The van der Waals surface area contributed by atoms with E-state index in [2.05, 4.69) is 25.2 Å². The number of hydrogen-bond donors (Lipinski definition) is 1. The fourth-order valence-corrected chi connectivity index (χ4v) is 2.09. The van der Waals surface area contributed by atoms with Gasteiger partial charge < -0.3 is 14.8 Å². The smallest absolute Gasteiger partial charge is 0.122 e. The van der Waals surface area contributed by atoms with Crippen molar-refractivity contribution in [3.05, 3.63) is 23.8 Å². The molecular formula is C14H23NO2. The largest absolute Gasteiger partial charge is 0.497 e. The summed E-state index contributed by atoms with van der Waals surface area (Å²) in [5, 5.41) is 3.25. The summed E-state index contributed by atoms with van der Waals surface area (Å²) >= 11 is 0. The van der Waals surface area contributed by atoms with Gasteiger partial charge in [-0.25, -0.2) is 0 Å². The molecule has 0 saturated heterocycles. The topological polar surface area (TPSA) is 30.5 Å². The molecule has 0 radical (unpaired) electrons. The maximum Gasteiger partial charge on any atom is 0.122 e. The number of rotatable bonds is 6. The van der Waals surface area contributed by atoms with Gasteiger partial charge in [0.2, 0.25) is 0 Å². The van der Waals surface area contributed by atoms with Crippen LogP contribution >= 0.6 is 0 Å². The minimum Gasteiger partial charge on any atom is -0.497 e. The first kappa shape index (κ1) is 13.8. The Balaban J connectivity index is 3.24. The third kappa shape index (κ3) is 2.91. The van der Waals surface area contributed by atoms with Crippen LogP contribution in [0.5, 0.6) is 11.5 Å². The first-order valence-electron chi connectivity index (χ1n) is 5.98. The van der Waals surface area contributed by atoms with E-state index in [9.17, 15) is 0 Å². The molecule has 1 aromatic rings. The fourth-order valence-electron chi connectivity index (χ4n) is 2.09. The normalized spacial score (nSPS) is 14.2. The molecule has 1 N–H and O–H groups in total. The van der Waals surface area contributed by atoms with E-state index in [-0.39, 0.29) is 5.41 Å². The van der Waals surface area contributed by atoms with Gasteiger partial charge in [-0.05, 0) is 31.7 Å². The second-order valence-electron chi connectivity index (χ2n) is 4.51. The molecule has 1 rings (SSSR count). The van der Waals surface area contributed by atoms with Crippen molar-refractivity contribution in [2.45, 2.75) is 25.7 Å². The Morgan fingerprint density at radius 3 is 2.41 bits per heavy atom. The van der Waals surface area contributed by atoms with E-state index in [4.69, 9.17) is 9.47 Å². The first-order valence-corrected chi connectivity index (χ1v) is 5.98. The fraction of sp³-hybridized carbons (Fsp3) is 0.571. The summed E-state index contributed by atoms with van der Waals surface area (Å²) < 4.78 is 10.8. The molecule has 0 amide bonds. The van der Waals surface area contributed by atoms with Crippen molar-refractivity contribution in [3.63, 3.8) is 0 Å². The zero-order valence-electron chi connectivity index (χ0n) is 11.5. The lowest BCUT2D eigenvalue weighted by molar-refractivity contribution is 0.366. The summed E-state index contributed by atoms with van der Waals surface area (Å²) in [5.41, 5.74) is 1.24. The summed E-state index contributed by atoms with van der Waals surface area (Å²) in [6, 6.07) is 5.97. The van der Waals surface area contributed by atoms with Gasteiger partial charge in [0.1, 0.15) is 11.5 Å². The zero-order chi connectivity index (χ0) is 12.9. The Bertz CT molecular complexity index is 365. The van der Waals surface area contributed by atoms with E-state index in [1.54, 1.807) is 14.2 Å². The van der Waals surface area contributed by atoms with Gasteiger partial charge in [-0.2, -0.15) is 0 Å². The van der Waals surface area contributed by atoms with E-state index < -0.39 is 0 Å². The molecule has 0 fully saturated rings. The second-order valence-corrected chi connectivity index (χ2v) is 4.51. The van der Waals surface area contributed by atoms with E-state index in [0.29, 0.717) is 0 Å². The van der Waals surface area contributed by atoms with Crippen molar-refractivity contribution in [2.24, 2.45) is 0 Å². The van der Waals surface area contributed by atoms with Crippen LogP contribution in [0.25, 0.3) is 0 Å². The Labute approximate surface area is 104 Å². The molecular weight excluding hydrogens is 214 g/mol. The first-order chi connectivity index (χ1) is 8.11.